The summed E-state index contributed by atoms with van der Waals surface area (Å²) in [4.78, 5) is 24.3. The van der Waals surface area contributed by atoms with Crippen LogP contribution >= 0.6 is 0 Å². The Kier molecular flexibility index (Phi) is 9.59. The van der Waals surface area contributed by atoms with E-state index in [0.29, 0.717) is 56.9 Å². The molecule has 2 aliphatic rings. The van der Waals surface area contributed by atoms with E-state index in [4.69, 9.17) is 4.74 Å². The topological polar surface area (TPSA) is 82.6 Å². The van der Waals surface area contributed by atoms with Gasteiger partial charge in [-0.1, -0.05) is 18.2 Å². The lowest BCUT2D eigenvalue weighted by atomic mass is 9.96. The number of carbonyl (C=O) groups excluding carboxylic acids is 1. The third-order valence-electron chi connectivity index (χ3n) is 7.79. The van der Waals surface area contributed by atoms with Crippen molar-refractivity contribution < 1.29 is 31.5 Å². The van der Waals surface area contributed by atoms with Crippen molar-refractivity contribution in [1.82, 2.24) is 19.8 Å². The van der Waals surface area contributed by atoms with Crippen molar-refractivity contribution in [2.75, 3.05) is 43.4 Å². The third kappa shape index (κ3) is 8.53. The second kappa shape index (κ2) is 13.5. The lowest BCUT2D eigenvalue weighted by molar-refractivity contribution is -0.185. The fraction of sp³-hybridized carbons (Fsp3) is 0.433. The molecule has 3 heterocycles. The van der Waals surface area contributed by atoms with E-state index < -0.39 is 23.7 Å². The molecule has 2 saturated heterocycles. The van der Waals surface area contributed by atoms with Crippen LogP contribution in [0.15, 0.2) is 54.7 Å². The second-order valence-electron chi connectivity index (χ2n) is 10.9. The van der Waals surface area contributed by atoms with Crippen LogP contribution in [0.5, 0.6) is 5.88 Å². The van der Waals surface area contributed by atoms with Crippen LogP contribution in [0.3, 0.4) is 0 Å². The summed E-state index contributed by atoms with van der Waals surface area (Å²) in [5.74, 6) is -2.33. The number of aromatic nitrogens is 2. The van der Waals surface area contributed by atoms with Gasteiger partial charge in [0.2, 0.25) is 11.8 Å². The van der Waals surface area contributed by atoms with Gasteiger partial charge in [-0.15, -0.1) is 0 Å². The summed E-state index contributed by atoms with van der Waals surface area (Å²) >= 11 is 0. The van der Waals surface area contributed by atoms with Crippen LogP contribution in [0.1, 0.15) is 31.2 Å². The quantitative estimate of drug-likeness (QED) is 0.282. The van der Waals surface area contributed by atoms with Crippen LogP contribution in [0.2, 0.25) is 0 Å². The zero-order valence-electron chi connectivity index (χ0n) is 23.4. The van der Waals surface area contributed by atoms with Gasteiger partial charge in [-0.2, -0.15) is 22.5 Å². The molecule has 0 spiro atoms. The molecule has 2 aliphatic heterocycles. The molecule has 2 amide bonds. The van der Waals surface area contributed by atoms with E-state index in [1.807, 2.05) is 23.1 Å². The van der Waals surface area contributed by atoms with Crippen molar-refractivity contribution in [2.45, 2.75) is 38.4 Å². The molecule has 0 saturated carbocycles. The lowest BCUT2D eigenvalue weighted by Crippen LogP contribution is -2.42. The van der Waals surface area contributed by atoms with Gasteiger partial charge >= 0.3 is 12.2 Å². The number of ether oxygens (including phenoxy) is 1. The highest BCUT2D eigenvalue weighted by molar-refractivity contribution is 5.89. The maximum absolute atomic E-state index is 14.5. The number of nitrogens with one attached hydrogen (secondary N) is 2. The predicted octanol–water partition coefficient (Wildman–Crippen LogP) is 6.60. The molecule has 5 rings (SSSR count). The largest absolute Gasteiger partial charge is 0.475 e. The van der Waals surface area contributed by atoms with Crippen molar-refractivity contribution in [2.24, 2.45) is 11.8 Å². The summed E-state index contributed by atoms with van der Waals surface area (Å²) in [7, 11) is 0. The van der Waals surface area contributed by atoms with Crippen LogP contribution in [0, 0.1) is 23.5 Å². The molecular weight excluding hydrogens is 571 g/mol. The van der Waals surface area contributed by atoms with Gasteiger partial charge in [-0.25, -0.2) is 14.2 Å². The van der Waals surface area contributed by atoms with E-state index in [-0.39, 0.29) is 43.2 Å². The SMILES string of the molecule is O=C(Nc1cccc(F)c1)N1CCC(COc2nc(Nc3cccc(CN4CCC(C(F)(F)F)CC4)c3)ncc2F)CC1. The van der Waals surface area contributed by atoms with Gasteiger partial charge in [0.05, 0.1) is 18.7 Å². The number of nitrogens with zero attached hydrogens (tertiary/aromatic N) is 4. The van der Waals surface area contributed by atoms with E-state index in [0.717, 1.165) is 11.8 Å². The zero-order chi connectivity index (χ0) is 30.4. The number of urea groups is 1. The number of alkyl halides is 3. The summed E-state index contributed by atoms with van der Waals surface area (Å²) in [6, 6.07) is 12.8. The normalized spacial score (nSPS) is 17.1. The first-order valence-corrected chi connectivity index (χ1v) is 14.2. The number of anilines is 3. The Hall–Kier alpha value is -4.00. The Labute approximate surface area is 246 Å². The number of likely N-dealkylation sites (tertiary alicyclic amines) is 2. The van der Waals surface area contributed by atoms with Gasteiger partial charge in [0.1, 0.15) is 5.82 Å². The third-order valence-corrected chi connectivity index (χ3v) is 7.79. The molecule has 230 valence electrons. The molecule has 13 heteroatoms. The van der Waals surface area contributed by atoms with E-state index >= 15 is 0 Å². The van der Waals surface area contributed by atoms with Crippen molar-refractivity contribution in [3.63, 3.8) is 0 Å². The van der Waals surface area contributed by atoms with Crippen LogP contribution < -0.4 is 15.4 Å². The Balaban J connectivity index is 1.09. The van der Waals surface area contributed by atoms with Crippen LogP contribution in [0.4, 0.5) is 44.1 Å². The summed E-state index contributed by atoms with van der Waals surface area (Å²) in [6.45, 7) is 2.45. The monoisotopic (exact) mass is 604 g/mol. The average molecular weight is 605 g/mol. The number of piperidine rings is 2. The Bertz CT molecular complexity index is 1390. The fourth-order valence-electron chi connectivity index (χ4n) is 5.33. The van der Waals surface area contributed by atoms with Crippen LogP contribution in [0.25, 0.3) is 0 Å². The molecule has 0 atom stereocenters. The average Bonchev–Trinajstić information content (AvgIpc) is 2.98. The van der Waals surface area contributed by atoms with E-state index in [1.54, 1.807) is 17.0 Å². The molecule has 2 fully saturated rings. The van der Waals surface area contributed by atoms with Gasteiger partial charge in [0.15, 0.2) is 0 Å². The van der Waals surface area contributed by atoms with Gasteiger partial charge in [-0.3, -0.25) is 4.90 Å². The molecular formula is C30H33F5N6O2. The van der Waals surface area contributed by atoms with E-state index in [2.05, 4.69) is 20.6 Å². The first kappa shape index (κ1) is 30.5. The first-order chi connectivity index (χ1) is 20.6. The van der Waals surface area contributed by atoms with Crippen molar-refractivity contribution in [3.8, 4) is 5.88 Å². The van der Waals surface area contributed by atoms with Crippen LogP contribution in [-0.4, -0.2) is 64.8 Å². The highest BCUT2D eigenvalue weighted by Gasteiger charge is 2.41. The maximum Gasteiger partial charge on any atom is 0.391 e. The van der Waals surface area contributed by atoms with Crippen molar-refractivity contribution in [3.05, 3.63) is 71.9 Å². The minimum Gasteiger partial charge on any atom is -0.475 e. The van der Waals surface area contributed by atoms with Gasteiger partial charge in [0, 0.05) is 31.0 Å². The molecule has 0 bridgehead atoms. The van der Waals surface area contributed by atoms with E-state index in [9.17, 15) is 26.7 Å². The summed E-state index contributed by atoms with van der Waals surface area (Å²) in [5.41, 5.74) is 1.96. The lowest BCUT2D eigenvalue weighted by Gasteiger charge is -2.32. The first-order valence-electron chi connectivity index (χ1n) is 14.2. The molecule has 0 aliphatic carbocycles. The minimum atomic E-state index is -4.14. The molecule has 0 unspecified atom stereocenters. The van der Waals surface area contributed by atoms with E-state index in [1.165, 1.54) is 18.2 Å². The number of carbonyl (C=O) groups is 1. The number of hydrogen-bond acceptors (Lipinski definition) is 6. The molecule has 2 aromatic carbocycles. The van der Waals surface area contributed by atoms with Gasteiger partial charge in [-0.05, 0) is 80.6 Å². The maximum atomic E-state index is 14.5. The zero-order valence-corrected chi connectivity index (χ0v) is 23.4. The molecule has 2 N–H and O–H groups in total. The Morgan fingerprint density at radius 2 is 1.67 bits per heavy atom. The molecule has 3 aromatic rings. The minimum absolute atomic E-state index is 0.0851. The Morgan fingerprint density at radius 1 is 0.953 bits per heavy atom. The Morgan fingerprint density at radius 3 is 2.40 bits per heavy atom. The molecule has 1 aromatic heterocycles. The molecule has 0 radical (unpaired) electrons. The number of rotatable bonds is 8. The summed E-state index contributed by atoms with van der Waals surface area (Å²) in [5, 5.41) is 5.74. The number of amides is 2. The molecule has 43 heavy (non-hydrogen) atoms. The van der Waals surface area contributed by atoms with Crippen molar-refractivity contribution >= 4 is 23.4 Å². The standard InChI is InChI=1S/C30H33F5N6O2/c31-23-4-2-6-25(16-23)38-29(42)41-13-7-20(8-14-41)19-43-27-26(32)17-36-28(39-27)37-24-5-1-3-21(15-24)18-40-11-9-22(10-12-40)30(33,34)35/h1-6,15-17,20,22H,7-14,18-19H2,(H,38,42)(H,36,37,39). The highest BCUT2D eigenvalue weighted by atomic mass is 19.4. The summed E-state index contributed by atoms with van der Waals surface area (Å²) < 4.78 is 72.4. The van der Waals surface area contributed by atoms with Gasteiger partial charge < -0.3 is 20.3 Å². The predicted molar refractivity (Wildman–Crippen MR) is 151 cm³/mol. The van der Waals surface area contributed by atoms with Crippen LogP contribution in [-0.2, 0) is 6.54 Å². The number of halogens is 5. The van der Waals surface area contributed by atoms with Crippen molar-refractivity contribution in [1.29, 1.82) is 0 Å². The highest BCUT2D eigenvalue weighted by Crippen LogP contribution is 2.34. The summed E-state index contributed by atoms with van der Waals surface area (Å²) in [6.07, 6.45) is -1.63. The number of benzene rings is 2. The second-order valence-corrected chi connectivity index (χ2v) is 10.9. The smallest absolute Gasteiger partial charge is 0.391 e. The van der Waals surface area contributed by atoms with Gasteiger partial charge in [0.25, 0.3) is 5.88 Å². The fourth-order valence-corrected chi connectivity index (χ4v) is 5.33. The molecule has 8 nitrogen and oxygen atoms in total. The number of hydrogen-bond donors (Lipinski definition) is 2.